The van der Waals surface area contributed by atoms with Gasteiger partial charge < -0.3 is 14.8 Å². The van der Waals surface area contributed by atoms with Crippen LogP contribution in [0.2, 0.25) is 5.02 Å². The first kappa shape index (κ1) is 14.7. The number of likely N-dealkylation sites (tertiary alicyclic amines) is 1. The fourth-order valence-electron chi connectivity index (χ4n) is 2.63. The Morgan fingerprint density at radius 2 is 2.14 bits per heavy atom. The summed E-state index contributed by atoms with van der Waals surface area (Å²) in [5.74, 6) is -0.176. The number of hydrogen-bond donors (Lipinski definition) is 1. The lowest BCUT2D eigenvalue weighted by Gasteiger charge is -2.38. The lowest BCUT2D eigenvalue weighted by molar-refractivity contribution is -0.133. The number of rotatable bonds is 4. The van der Waals surface area contributed by atoms with E-state index >= 15 is 0 Å². The molecule has 1 aliphatic rings. The zero-order valence-electron chi connectivity index (χ0n) is 12.0. The fourth-order valence-corrected chi connectivity index (χ4v) is 2.86. The van der Waals surface area contributed by atoms with Gasteiger partial charge in [-0.25, -0.2) is 0 Å². The van der Waals surface area contributed by atoms with Crippen molar-refractivity contribution in [2.75, 3.05) is 13.1 Å². The normalized spacial score (nSPS) is 14.7. The van der Waals surface area contributed by atoms with Crippen LogP contribution in [0.1, 0.15) is 0 Å². The van der Waals surface area contributed by atoms with Crippen LogP contribution in [0.25, 0.3) is 10.9 Å². The lowest BCUT2D eigenvalue weighted by Crippen LogP contribution is -2.61. The van der Waals surface area contributed by atoms with Gasteiger partial charge in [0.05, 0.1) is 6.04 Å². The molecule has 3 rings (SSSR count). The number of aromatic nitrogens is 1. The molecule has 0 aliphatic carbocycles. The molecule has 1 aromatic carbocycles. The molecule has 2 heterocycles. The molecule has 0 atom stereocenters. The van der Waals surface area contributed by atoms with E-state index in [4.69, 9.17) is 11.6 Å². The number of carbonyl (C=O) groups excluding carboxylic acids is 2. The first-order valence-corrected chi connectivity index (χ1v) is 7.40. The quantitative estimate of drug-likeness (QED) is 0.874. The molecule has 1 aliphatic heterocycles. The molecule has 2 aromatic rings. The molecule has 5 nitrogen and oxygen atoms in total. The van der Waals surface area contributed by atoms with Crippen LogP contribution in [-0.2, 0) is 16.1 Å². The monoisotopic (exact) mass is 317 g/mol. The Morgan fingerprint density at radius 1 is 1.36 bits per heavy atom. The molecule has 0 radical (unpaired) electrons. The molecule has 2 amide bonds. The predicted octanol–water partition coefficient (Wildman–Crippen LogP) is 1.81. The van der Waals surface area contributed by atoms with Gasteiger partial charge in [0.15, 0.2) is 0 Å². The molecule has 6 heteroatoms. The minimum Gasteiger partial charge on any atom is -0.348 e. The zero-order chi connectivity index (χ0) is 15.7. The highest BCUT2D eigenvalue weighted by Gasteiger charge is 2.30. The smallest absolute Gasteiger partial charge is 0.246 e. The standard InChI is InChI=1S/C16H16ClN3O2/c1-2-16(22)20-8-11(9-20)18-15(21)10-19-7-6-12-13(17)4-3-5-14(12)19/h2-7,11H,1,8-10H2,(H,18,21). The topological polar surface area (TPSA) is 54.3 Å². The Kier molecular flexibility index (Phi) is 3.90. The minimum atomic E-state index is -0.100. The summed E-state index contributed by atoms with van der Waals surface area (Å²) in [6.07, 6.45) is 3.14. The summed E-state index contributed by atoms with van der Waals surface area (Å²) in [5.41, 5.74) is 0.930. The van der Waals surface area contributed by atoms with Gasteiger partial charge in [-0.15, -0.1) is 0 Å². The molecule has 0 spiro atoms. The highest BCUT2D eigenvalue weighted by atomic mass is 35.5. The molecule has 1 N–H and O–H groups in total. The predicted molar refractivity (Wildman–Crippen MR) is 85.7 cm³/mol. The molecule has 0 bridgehead atoms. The summed E-state index contributed by atoms with van der Waals surface area (Å²) < 4.78 is 1.86. The van der Waals surface area contributed by atoms with Crippen LogP contribution in [0.3, 0.4) is 0 Å². The Bertz CT molecular complexity index is 747. The minimum absolute atomic E-state index is 0.0156. The van der Waals surface area contributed by atoms with Crippen molar-refractivity contribution in [2.45, 2.75) is 12.6 Å². The number of carbonyl (C=O) groups is 2. The van der Waals surface area contributed by atoms with E-state index in [2.05, 4.69) is 11.9 Å². The van der Waals surface area contributed by atoms with Gasteiger partial charge in [0.2, 0.25) is 11.8 Å². The molecular weight excluding hydrogens is 302 g/mol. The third kappa shape index (κ3) is 2.72. The Morgan fingerprint density at radius 3 is 2.86 bits per heavy atom. The van der Waals surface area contributed by atoms with Crippen LogP contribution in [0, 0.1) is 0 Å². The third-order valence-corrected chi connectivity index (χ3v) is 4.14. The molecule has 0 saturated carbocycles. The molecule has 22 heavy (non-hydrogen) atoms. The largest absolute Gasteiger partial charge is 0.348 e. The van der Waals surface area contributed by atoms with Gasteiger partial charge in [0, 0.05) is 35.2 Å². The Hall–Kier alpha value is -2.27. The summed E-state index contributed by atoms with van der Waals surface area (Å²) in [6, 6.07) is 7.54. The van der Waals surface area contributed by atoms with Gasteiger partial charge >= 0.3 is 0 Å². The van der Waals surface area contributed by atoms with E-state index in [1.165, 1.54) is 6.08 Å². The van der Waals surface area contributed by atoms with Crippen molar-refractivity contribution in [2.24, 2.45) is 0 Å². The first-order valence-electron chi connectivity index (χ1n) is 7.02. The van der Waals surface area contributed by atoms with Crippen molar-refractivity contribution in [3.05, 3.63) is 48.1 Å². The summed E-state index contributed by atoms with van der Waals surface area (Å²) in [7, 11) is 0. The van der Waals surface area contributed by atoms with Crippen molar-refractivity contribution in [3.8, 4) is 0 Å². The van der Waals surface area contributed by atoms with Gasteiger partial charge in [0.1, 0.15) is 6.54 Å². The maximum Gasteiger partial charge on any atom is 0.246 e. The molecule has 114 valence electrons. The Labute approximate surface area is 133 Å². The zero-order valence-corrected chi connectivity index (χ0v) is 12.7. The van der Waals surface area contributed by atoms with E-state index in [0.29, 0.717) is 18.1 Å². The van der Waals surface area contributed by atoms with Gasteiger partial charge in [-0.2, -0.15) is 0 Å². The molecule has 0 unspecified atom stereocenters. The van der Waals surface area contributed by atoms with Gasteiger partial charge in [0.25, 0.3) is 0 Å². The van der Waals surface area contributed by atoms with Gasteiger partial charge in [-0.1, -0.05) is 24.2 Å². The average molecular weight is 318 g/mol. The number of hydrogen-bond acceptors (Lipinski definition) is 2. The summed E-state index contributed by atoms with van der Waals surface area (Å²) in [5, 5.41) is 4.53. The second kappa shape index (κ2) is 5.85. The van der Waals surface area contributed by atoms with Gasteiger partial charge in [-0.3, -0.25) is 9.59 Å². The number of amides is 2. The van der Waals surface area contributed by atoms with E-state index in [-0.39, 0.29) is 24.4 Å². The van der Waals surface area contributed by atoms with Crippen LogP contribution in [0.4, 0.5) is 0 Å². The van der Waals surface area contributed by atoms with Crippen molar-refractivity contribution in [3.63, 3.8) is 0 Å². The Balaban J connectivity index is 1.59. The highest BCUT2D eigenvalue weighted by Crippen LogP contribution is 2.24. The maximum absolute atomic E-state index is 12.1. The maximum atomic E-state index is 12.1. The summed E-state index contributed by atoms with van der Waals surface area (Å²) >= 11 is 6.12. The average Bonchev–Trinajstić information content (AvgIpc) is 2.86. The fraction of sp³-hybridized carbons (Fsp3) is 0.250. The number of nitrogens with one attached hydrogen (secondary N) is 1. The first-order chi connectivity index (χ1) is 10.6. The van der Waals surface area contributed by atoms with Crippen molar-refractivity contribution in [1.82, 2.24) is 14.8 Å². The van der Waals surface area contributed by atoms with Crippen LogP contribution < -0.4 is 5.32 Å². The highest BCUT2D eigenvalue weighted by molar-refractivity contribution is 6.35. The summed E-state index contributed by atoms with van der Waals surface area (Å²) in [4.78, 5) is 25.1. The second-order valence-corrected chi connectivity index (χ2v) is 5.74. The molecule has 1 fully saturated rings. The second-order valence-electron chi connectivity index (χ2n) is 5.33. The molecule has 1 aromatic heterocycles. The van der Waals surface area contributed by atoms with E-state index < -0.39 is 0 Å². The summed E-state index contributed by atoms with van der Waals surface area (Å²) in [6.45, 7) is 4.75. The van der Waals surface area contributed by atoms with Crippen LogP contribution in [-0.4, -0.2) is 40.4 Å². The van der Waals surface area contributed by atoms with E-state index in [9.17, 15) is 9.59 Å². The van der Waals surface area contributed by atoms with E-state index in [1.54, 1.807) is 4.90 Å². The molecule has 1 saturated heterocycles. The number of fused-ring (bicyclic) bond motifs is 1. The van der Waals surface area contributed by atoms with Crippen LogP contribution in [0.15, 0.2) is 43.1 Å². The van der Waals surface area contributed by atoms with Crippen LogP contribution in [0.5, 0.6) is 0 Å². The number of halogens is 1. The van der Waals surface area contributed by atoms with Crippen LogP contribution >= 0.6 is 11.6 Å². The van der Waals surface area contributed by atoms with Crippen molar-refractivity contribution >= 4 is 34.3 Å². The van der Waals surface area contributed by atoms with Crippen molar-refractivity contribution in [1.29, 1.82) is 0 Å². The number of nitrogens with zero attached hydrogens (tertiary/aromatic N) is 2. The van der Waals surface area contributed by atoms with E-state index in [0.717, 1.165) is 10.9 Å². The number of benzene rings is 1. The third-order valence-electron chi connectivity index (χ3n) is 3.81. The lowest BCUT2D eigenvalue weighted by atomic mass is 10.1. The van der Waals surface area contributed by atoms with E-state index in [1.807, 2.05) is 35.0 Å². The van der Waals surface area contributed by atoms with Crippen molar-refractivity contribution < 1.29 is 9.59 Å². The SMILES string of the molecule is C=CC(=O)N1CC(NC(=O)Cn2ccc3c(Cl)cccc32)C1. The molecular formula is C16H16ClN3O2. The van der Waals surface area contributed by atoms with Gasteiger partial charge in [-0.05, 0) is 24.3 Å².